The third-order valence-corrected chi connectivity index (χ3v) is 3.45. The zero-order chi connectivity index (χ0) is 12.7. The summed E-state index contributed by atoms with van der Waals surface area (Å²) in [7, 11) is 0. The van der Waals surface area contributed by atoms with Gasteiger partial charge in [-0.2, -0.15) is 0 Å². The van der Waals surface area contributed by atoms with Gasteiger partial charge in [0.15, 0.2) is 0 Å². The van der Waals surface area contributed by atoms with E-state index in [2.05, 4.69) is 24.1 Å². The largest absolute Gasteiger partial charge is 0.396 e. The zero-order valence-electron chi connectivity index (χ0n) is 11.1. The SMILES string of the molecule is CC(C)C(CCO)NC(=O)CCN1CCCC1. The van der Waals surface area contributed by atoms with Crippen molar-refractivity contribution in [2.45, 2.75) is 45.6 Å². The van der Waals surface area contributed by atoms with Crippen molar-refractivity contribution in [2.24, 2.45) is 5.92 Å². The van der Waals surface area contributed by atoms with Crippen molar-refractivity contribution in [1.82, 2.24) is 10.2 Å². The van der Waals surface area contributed by atoms with Crippen LogP contribution in [-0.2, 0) is 4.79 Å². The third kappa shape index (κ3) is 5.50. The molecule has 1 aliphatic rings. The number of nitrogens with one attached hydrogen (secondary N) is 1. The van der Waals surface area contributed by atoms with E-state index in [1.54, 1.807) is 0 Å². The predicted molar refractivity (Wildman–Crippen MR) is 68.8 cm³/mol. The van der Waals surface area contributed by atoms with E-state index in [1.165, 1.54) is 12.8 Å². The van der Waals surface area contributed by atoms with E-state index < -0.39 is 0 Å². The second-order valence-corrected chi connectivity index (χ2v) is 5.23. The van der Waals surface area contributed by atoms with Gasteiger partial charge >= 0.3 is 0 Å². The highest BCUT2D eigenvalue weighted by Gasteiger charge is 2.17. The summed E-state index contributed by atoms with van der Waals surface area (Å²) < 4.78 is 0. The molecule has 1 unspecified atom stereocenters. The molecule has 1 rings (SSSR count). The monoisotopic (exact) mass is 242 g/mol. The van der Waals surface area contributed by atoms with Crippen LogP contribution in [0.1, 0.15) is 39.5 Å². The smallest absolute Gasteiger partial charge is 0.221 e. The fraction of sp³-hybridized carbons (Fsp3) is 0.923. The summed E-state index contributed by atoms with van der Waals surface area (Å²) in [4.78, 5) is 14.1. The average molecular weight is 242 g/mol. The fourth-order valence-electron chi connectivity index (χ4n) is 2.26. The minimum Gasteiger partial charge on any atom is -0.396 e. The molecule has 0 aromatic heterocycles. The Morgan fingerprint density at radius 3 is 2.53 bits per heavy atom. The van der Waals surface area contributed by atoms with Crippen molar-refractivity contribution in [1.29, 1.82) is 0 Å². The van der Waals surface area contributed by atoms with Gasteiger partial charge in [0.25, 0.3) is 0 Å². The molecule has 0 aromatic carbocycles. The van der Waals surface area contributed by atoms with Crippen LogP contribution in [0.2, 0.25) is 0 Å². The molecule has 1 saturated heterocycles. The molecule has 1 heterocycles. The first-order chi connectivity index (χ1) is 8.13. The van der Waals surface area contributed by atoms with Crippen LogP contribution >= 0.6 is 0 Å². The summed E-state index contributed by atoms with van der Waals surface area (Å²) in [5.74, 6) is 0.488. The highest BCUT2D eigenvalue weighted by Crippen LogP contribution is 2.08. The Morgan fingerprint density at radius 2 is 2.00 bits per heavy atom. The number of amides is 1. The quantitative estimate of drug-likeness (QED) is 0.700. The molecule has 0 bridgehead atoms. The number of hydrogen-bond donors (Lipinski definition) is 2. The lowest BCUT2D eigenvalue weighted by molar-refractivity contribution is -0.122. The van der Waals surface area contributed by atoms with Gasteiger partial charge in [0.1, 0.15) is 0 Å². The first kappa shape index (κ1) is 14.5. The number of carbonyl (C=O) groups is 1. The topological polar surface area (TPSA) is 52.6 Å². The minimum atomic E-state index is 0.103. The first-order valence-electron chi connectivity index (χ1n) is 6.76. The van der Waals surface area contributed by atoms with Crippen LogP contribution in [-0.4, -0.2) is 48.2 Å². The number of nitrogens with zero attached hydrogens (tertiary/aromatic N) is 1. The lowest BCUT2D eigenvalue weighted by Crippen LogP contribution is -2.40. The van der Waals surface area contributed by atoms with Crippen LogP contribution in [0.5, 0.6) is 0 Å². The lowest BCUT2D eigenvalue weighted by Gasteiger charge is -2.22. The minimum absolute atomic E-state index is 0.103. The normalized spacial score (nSPS) is 18.6. The lowest BCUT2D eigenvalue weighted by atomic mass is 10.0. The van der Waals surface area contributed by atoms with Crippen molar-refractivity contribution >= 4 is 5.91 Å². The molecule has 0 aromatic rings. The van der Waals surface area contributed by atoms with Crippen LogP contribution in [0.4, 0.5) is 0 Å². The van der Waals surface area contributed by atoms with Crippen LogP contribution < -0.4 is 5.32 Å². The van der Waals surface area contributed by atoms with Crippen molar-refractivity contribution < 1.29 is 9.90 Å². The predicted octanol–water partition coefficient (Wildman–Crippen LogP) is 0.995. The maximum Gasteiger partial charge on any atom is 0.221 e. The standard InChI is InChI=1S/C13H26N2O2/c1-11(2)12(6-10-16)14-13(17)5-9-15-7-3-4-8-15/h11-12,16H,3-10H2,1-2H3,(H,14,17). The van der Waals surface area contributed by atoms with Crippen molar-refractivity contribution in [2.75, 3.05) is 26.2 Å². The van der Waals surface area contributed by atoms with Gasteiger partial charge in [-0.3, -0.25) is 4.79 Å². The van der Waals surface area contributed by atoms with E-state index in [-0.39, 0.29) is 18.6 Å². The van der Waals surface area contributed by atoms with Gasteiger partial charge in [-0.1, -0.05) is 13.8 Å². The fourth-order valence-corrected chi connectivity index (χ4v) is 2.26. The second kappa shape index (κ2) is 7.67. The van der Waals surface area contributed by atoms with Gasteiger partial charge in [0.05, 0.1) is 0 Å². The van der Waals surface area contributed by atoms with Gasteiger partial charge in [-0.25, -0.2) is 0 Å². The molecule has 1 atom stereocenters. The molecule has 1 amide bonds. The Kier molecular flexibility index (Phi) is 6.52. The van der Waals surface area contributed by atoms with Gasteiger partial charge < -0.3 is 15.3 Å². The summed E-state index contributed by atoms with van der Waals surface area (Å²) >= 11 is 0. The summed E-state index contributed by atoms with van der Waals surface area (Å²) in [6.07, 6.45) is 3.75. The van der Waals surface area contributed by atoms with Crippen molar-refractivity contribution in [3.63, 3.8) is 0 Å². The van der Waals surface area contributed by atoms with Gasteiger partial charge in [0.2, 0.25) is 5.91 Å². The van der Waals surface area contributed by atoms with E-state index in [9.17, 15) is 4.79 Å². The van der Waals surface area contributed by atoms with Gasteiger partial charge in [0, 0.05) is 25.6 Å². The molecule has 4 heteroatoms. The summed E-state index contributed by atoms with van der Waals surface area (Å²) in [5.41, 5.74) is 0. The van der Waals surface area contributed by atoms with Gasteiger partial charge in [-0.15, -0.1) is 0 Å². The average Bonchev–Trinajstić information content (AvgIpc) is 2.78. The zero-order valence-corrected chi connectivity index (χ0v) is 11.1. The molecule has 100 valence electrons. The van der Waals surface area contributed by atoms with Crippen molar-refractivity contribution in [3.05, 3.63) is 0 Å². The highest BCUT2D eigenvalue weighted by atomic mass is 16.3. The maximum atomic E-state index is 11.8. The van der Waals surface area contributed by atoms with Crippen LogP contribution in [0.3, 0.4) is 0 Å². The molecule has 0 aliphatic carbocycles. The second-order valence-electron chi connectivity index (χ2n) is 5.23. The van der Waals surface area contributed by atoms with E-state index in [4.69, 9.17) is 5.11 Å². The Bertz CT molecular complexity index is 225. The number of aliphatic hydroxyl groups excluding tert-OH is 1. The van der Waals surface area contributed by atoms with E-state index in [0.29, 0.717) is 18.8 Å². The molecule has 17 heavy (non-hydrogen) atoms. The number of rotatable bonds is 7. The van der Waals surface area contributed by atoms with Crippen LogP contribution in [0.25, 0.3) is 0 Å². The molecular weight excluding hydrogens is 216 g/mol. The number of hydrogen-bond acceptors (Lipinski definition) is 3. The van der Waals surface area contributed by atoms with Crippen LogP contribution in [0, 0.1) is 5.92 Å². The Morgan fingerprint density at radius 1 is 1.35 bits per heavy atom. The number of likely N-dealkylation sites (tertiary alicyclic amines) is 1. The first-order valence-corrected chi connectivity index (χ1v) is 6.76. The number of carbonyl (C=O) groups excluding carboxylic acids is 1. The summed E-state index contributed by atoms with van der Waals surface area (Å²) in [6.45, 7) is 7.42. The van der Waals surface area contributed by atoms with Crippen LogP contribution in [0.15, 0.2) is 0 Å². The Hall–Kier alpha value is -0.610. The van der Waals surface area contributed by atoms with E-state index in [0.717, 1.165) is 19.6 Å². The number of aliphatic hydroxyl groups is 1. The third-order valence-electron chi connectivity index (χ3n) is 3.45. The Balaban J connectivity index is 2.21. The molecule has 2 N–H and O–H groups in total. The Labute approximate surface area is 104 Å². The highest BCUT2D eigenvalue weighted by molar-refractivity contribution is 5.76. The van der Waals surface area contributed by atoms with Gasteiger partial charge in [-0.05, 0) is 38.3 Å². The van der Waals surface area contributed by atoms with Crippen molar-refractivity contribution in [3.8, 4) is 0 Å². The molecular formula is C13H26N2O2. The van der Waals surface area contributed by atoms with E-state index >= 15 is 0 Å². The molecule has 1 fully saturated rings. The molecule has 0 radical (unpaired) electrons. The molecule has 4 nitrogen and oxygen atoms in total. The van der Waals surface area contributed by atoms with E-state index in [1.807, 2.05) is 0 Å². The summed E-state index contributed by atoms with van der Waals surface area (Å²) in [6, 6.07) is 0.103. The maximum absolute atomic E-state index is 11.8. The molecule has 0 spiro atoms. The molecule has 1 aliphatic heterocycles. The summed E-state index contributed by atoms with van der Waals surface area (Å²) in [5, 5.41) is 12.0. The molecule has 0 saturated carbocycles.